The summed E-state index contributed by atoms with van der Waals surface area (Å²) in [6, 6.07) is 7.30. The van der Waals surface area contributed by atoms with Crippen molar-refractivity contribution < 1.29 is 9.59 Å². The Balaban J connectivity index is 2.90. The monoisotopic (exact) mass is 204 g/mol. The second-order valence-electron chi connectivity index (χ2n) is 3.73. The lowest BCUT2D eigenvalue weighted by Gasteiger charge is -2.08. The Morgan fingerprint density at radius 1 is 1.20 bits per heavy atom. The van der Waals surface area contributed by atoms with Crippen molar-refractivity contribution in [3.05, 3.63) is 35.4 Å². The van der Waals surface area contributed by atoms with Gasteiger partial charge in [0, 0.05) is 17.9 Å². The summed E-state index contributed by atoms with van der Waals surface area (Å²) < 4.78 is 0. The van der Waals surface area contributed by atoms with Gasteiger partial charge in [0.1, 0.15) is 5.78 Å². The standard InChI is InChI=1S/C13H16O2/c1-4-13(15)12-7-5-11(6-8-12)9(2)10(3)14/h5-9H,4H2,1-3H3. The van der Waals surface area contributed by atoms with Crippen LogP contribution in [0.15, 0.2) is 24.3 Å². The van der Waals surface area contributed by atoms with Gasteiger partial charge in [0.25, 0.3) is 0 Å². The predicted octanol–water partition coefficient (Wildman–Crippen LogP) is 2.97. The van der Waals surface area contributed by atoms with Gasteiger partial charge in [0.05, 0.1) is 0 Å². The second-order valence-corrected chi connectivity index (χ2v) is 3.73. The van der Waals surface area contributed by atoms with Crippen LogP contribution >= 0.6 is 0 Å². The quantitative estimate of drug-likeness (QED) is 0.706. The molecule has 2 heteroatoms. The van der Waals surface area contributed by atoms with E-state index in [2.05, 4.69) is 0 Å². The van der Waals surface area contributed by atoms with Gasteiger partial charge in [-0.2, -0.15) is 0 Å². The average Bonchev–Trinajstić information content (AvgIpc) is 2.27. The maximum atomic E-state index is 11.4. The first-order valence-electron chi connectivity index (χ1n) is 5.19. The Kier molecular flexibility index (Phi) is 3.78. The van der Waals surface area contributed by atoms with Gasteiger partial charge in [0.15, 0.2) is 5.78 Å². The number of carbonyl (C=O) groups excluding carboxylic acids is 2. The van der Waals surface area contributed by atoms with E-state index in [1.165, 1.54) is 0 Å². The summed E-state index contributed by atoms with van der Waals surface area (Å²) in [5.74, 6) is 0.192. The van der Waals surface area contributed by atoms with Crippen LogP contribution in [0.3, 0.4) is 0 Å². The molecular weight excluding hydrogens is 188 g/mol. The molecule has 2 nitrogen and oxygen atoms in total. The zero-order chi connectivity index (χ0) is 11.4. The second kappa shape index (κ2) is 4.87. The zero-order valence-corrected chi connectivity index (χ0v) is 9.41. The van der Waals surface area contributed by atoms with Crippen LogP contribution < -0.4 is 0 Å². The SMILES string of the molecule is CCC(=O)c1ccc(C(C)C(C)=O)cc1. The molecule has 0 aromatic heterocycles. The molecular formula is C13H16O2. The molecule has 80 valence electrons. The number of carbonyl (C=O) groups is 2. The third-order valence-corrected chi connectivity index (χ3v) is 2.66. The number of benzene rings is 1. The van der Waals surface area contributed by atoms with Crippen LogP contribution in [-0.4, -0.2) is 11.6 Å². The minimum atomic E-state index is -0.0872. The highest BCUT2D eigenvalue weighted by Crippen LogP contribution is 2.17. The zero-order valence-electron chi connectivity index (χ0n) is 9.41. The van der Waals surface area contributed by atoms with Gasteiger partial charge < -0.3 is 0 Å². The molecule has 1 atom stereocenters. The normalized spacial score (nSPS) is 12.2. The van der Waals surface area contributed by atoms with Crippen LogP contribution in [0.5, 0.6) is 0 Å². The molecule has 0 fully saturated rings. The fourth-order valence-electron chi connectivity index (χ4n) is 1.40. The van der Waals surface area contributed by atoms with E-state index in [1.54, 1.807) is 19.1 Å². The third-order valence-electron chi connectivity index (χ3n) is 2.66. The van der Waals surface area contributed by atoms with Gasteiger partial charge in [-0.15, -0.1) is 0 Å². The van der Waals surface area contributed by atoms with Gasteiger partial charge in [0.2, 0.25) is 0 Å². The average molecular weight is 204 g/mol. The van der Waals surface area contributed by atoms with Crippen molar-refractivity contribution in [2.75, 3.05) is 0 Å². The molecule has 1 unspecified atom stereocenters. The van der Waals surface area contributed by atoms with Crippen molar-refractivity contribution in [2.45, 2.75) is 33.1 Å². The highest BCUT2D eigenvalue weighted by molar-refractivity contribution is 5.96. The first-order chi connectivity index (χ1) is 7.06. The molecule has 0 aliphatic heterocycles. The van der Waals surface area contributed by atoms with Crippen molar-refractivity contribution in [1.29, 1.82) is 0 Å². The van der Waals surface area contributed by atoms with E-state index in [1.807, 2.05) is 26.0 Å². The lowest BCUT2D eigenvalue weighted by atomic mass is 9.96. The molecule has 1 aromatic carbocycles. The summed E-state index contributed by atoms with van der Waals surface area (Å²) in [6.45, 7) is 5.29. The largest absolute Gasteiger partial charge is 0.299 e. The fourth-order valence-corrected chi connectivity index (χ4v) is 1.40. The number of hydrogen-bond acceptors (Lipinski definition) is 2. The van der Waals surface area contributed by atoms with Crippen LogP contribution in [0.4, 0.5) is 0 Å². The lowest BCUT2D eigenvalue weighted by molar-refractivity contribution is -0.118. The van der Waals surface area contributed by atoms with Crippen molar-refractivity contribution >= 4 is 11.6 Å². The van der Waals surface area contributed by atoms with Gasteiger partial charge in [-0.25, -0.2) is 0 Å². The van der Waals surface area contributed by atoms with E-state index in [0.29, 0.717) is 6.42 Å². The Morgan fingerprint density at radius 2 is 1.73 bits per heavy atom. The number of ketones is 2. The topological polar surface area (TPSA) is 34.1 Å². The molecule has 0 amide bonds. The van der Waals surface area contributed by atoms with Crippen LogP contribution in [0.2, 0.25) is 0 Å². The molecule has 1 aromatic rings. The van der Waals surface area contributed by atoms with Crippen molar-refractivity contribution in [1.82, 2.24) is 0 Å². The van der Waals surface area contributed by atoms with Crippen LogP contribution in [0.1, 0.15) is 49.0 Å². The Bertz CT molecular complexity index is 363. The number of rotatable bonds is 4. The maximum absolute atomic E-state index is 11.4. The molecule has 0 saturated carbocycles. The van der Waals surface area contributed by atoms with E-state index < -0.39 is 0 Å². The van der Waals surface area contributed by atoms with E-state index in [9.17, 15) is 9.59 Å². The van der Waals surface area contributed by atoms with E-state index in [-0.39, 0.29) is 17.5 Å². The van der Waals surface area contributed by atoms with Gasteiger partial charge in [-0.05, 0) is 12.5 Å². The van der Waals surface area contributed by atoms with Crippen molar-refractivity contribution in [3.8, 4) is 0 Å². The third kappa shape index (κ3) is 2.75. The van der Waals surface area contributed by atoms with Crippen LogP contribution in [-0.2, 0) is 4.79 Å². The molecule has 1 rings (SSSR count). The van der Waals surface area contributed by atoms with Crippen LogP contribution in [0.25, 0.3) is 0 Å². The molecule has 0 heterocycles. The summed E-state index contributed by atoms with van der Waals surface area (Å²) in [5.41, 5.74) is 1.69. The molecule has 0 spiro atoms. The number of Topliss-reactive ketones (excluding diaryl/α,β-unsaturated/α-hetero) is 2. The van der Waals surface area contributed by atoms with E-state index >= 15 is 0 Å². The summed E-state index contributed by atoms with van der Waals surface area (Å²) in [7, 11) is 0. The molecule has 0 bridgehead atoms. The molecule has 0 saturated heterocycles. The van der Waals surface area contributed by atoms with Crippen molar-refractivity contribution in [2.24, 2.45) is 0 Å². The first kappa shape index (κ1) is 11.6. The fraction of sp³-hybridized carbons (Fsp3) is 0.385. The van der Waals surface area contributed by atoms with E-state index in [0.717, 1.165) is 11.1 Å². The van der Waals surface area contributed by atoms with Crippen LogP contribution in [0, 0.1) is 0 Å². The Labute approximate surface area is 90.3 Å². The van der Waals surface area contributed by atoms with Gasteiger partial charge >= 0.3 is 0 Å². The Morgan fingerprint density at radius 3 is 2.13 bits per heavy atom. The maximum Gasteiger partial charge on any atom is 0.162 e. The highest BCUT2D eigenvalue weighted by Gasteiger charge is 2.10. The summed E-state index contributed by atoms with van der Waals surface area (Å²) in [6.07, 6.45) is 0.515. The lowest BCUT2D eigenvalue weighted by Crippen LogP contribution is -2.04. The van der Waals surface area contributed by atoms with Gasteiger partial charge in [-0.1, -0.05) is 38.1 Å². The Hall–Kier alpha value is -1.44. The predicted molar refractivity (Wildman–Crippen MR) is 60.2 cm³/mol. The molecule has 15 heavy (non-hydrogen) atoms. The van der Waals surface area contributed by atoms with E-state index in [4.69, 9.17) is 0 Å². The van der Waals surface area contributed by atoms with Crippen molar-refractivity contribution in [3.63, 3.8) is 0 Å². The smallest absolute Gasteiger partial charge is 0.162 e. The summed E-state index contributed by atoms with van der Waals surface area (Å²) >= 11 is 0. The summed E-state index contributed by atoms with van der Waals surface area (Å²) in [4.78, 5) is 22.5. The number of hydrogen-bond donors (Lipinski definition) is 0. The highest BCUT2D eigenvalue weighted by atomic mass is 16.1. The minimum Gasteiger partial charge on any atom is -0.299 e. The first-order valence-corrected chi connectivity index (χ1v) is 5.19. The van der Waals surface area contributed by atoms with Gasteiger partial charge in [-0.3, -0.25) is 9.59 Å². The molecule has 0 aliphatic carbocycles. The molecule has 0 radical (unpaired) electrons. The minimum absolute atomic E-state index is 0.0872. The summed E-state index contributed by atoms with van der Waals surface area (Å²) in [5, 5.41) is 0. The molecule has 0 N–H and O–H groups in total. The molecule has 0 aliphatic rings.